The van der Waals surface area contributed by atoms with Gasteiger partial charge in [-0.2, -0.15) is 0 Å². The number of aromatic nitrogens is 3. The third kappa shape index (κ3) is 3.71. The molecule has 1 atom stereocenters. The number of benzene rings is 1. The third-order valence-corrected chi connectivity index (χ3v) is 4.64. The molecule has 0 bridgehead atoms. The van der Waals surface area contributed by atoms with Crippen molar-refractivity contribution in [3.8, 4) is 0 Å². The Bertz CT molecular complexity index is 705. The Morgan fingerprint density at radius 2 is 2.00 bits per heavy atom. The van der Waals surface area contributed by atoms with E-state index in [2.05, 4.69) is 35.4 Å². The van der Waals surface area contributed by atoms with Gasteiger partial charge in [0, 0.05) is 17.0 Å². The monoisotopic (exact) mass is 317 g/mol. The Labute approximate surface area is 133 Å². The standard InChI is InChI=1S/C16H16ClN3S/c1-12(9-14-7-8-16(17)21-14)15-11-20(19-18-15)10-13-5-3-2-4-6-13/h2-8,11-12H,9-10H2,1H3. The molecule has 1 unspecified atom stereocenters. The van der Waals surface area contributed by atoms with E-state index in [9.17, 15) is 0 Å². The number of nitrogens with zero attached hydrogens (tertiary/aromatic N) is 3. The van der Waals surface area contributed by atoms with Gasteiger partial charge in [0.05, 0.1) is 16.6 Å². The van der Waals surface area contributed by atoms with Crippen LogP contribution in [0.15, 0.2) is 48.7 Å². The maximum Gasteiger partial charge on any atom is 0.0931 e. The first-order chi connectivity index (χ1) is 10.2. The zero-order valence-electron chi connectivity index (χ0n) is 11.7. The molecule has 2 heterocycles. The van der Waals surface area contributed by atoms with Gasteiger partial charge in [0.1, 0.15) is 0 Å². The number of thiophene rings is 1. The molecule has 0 spiro atoms. The molecular formula is C16H16ClN3S. The van der Waals surface area contributed by atoms with Crippen LogP contribution < -0.4 is 0 Å². The van der Waals surface area contributed by atoms with Crippen LogP contribution in [0.5, 0.6) is 0 Å². The van der Waals surface area contributed by atoms with Gasteiger partial charge in [-0.25, -0.2) is 4.68 Å². The molecule has 108 valence electrons. The van der Waals surface area contributed by atoms with Gasteiger partial charge in [-0.3, -0.25) is 0 Å². The van der Waals surface area contributed by atoms with E-state index in [0.717, 1.165) is 23.0 Å². The Morgan fingerprint density at radius 1 is 1.19 bits per heavy atom. The topological polar surface area (TPSA) is 30.7 Å². The van der Waals surface area contributed by atoms with E-state index < -0.39 is 0 Å². The molecule has 2 aromatic heterocycles. The van der Waals surface area contributed by atoms with E-state index in [4.69, 9.17) is 11.6 Å². The Morgan fingerprint density at radius 3 is 2.71 bits per heavy atom. The molecule has 3 nitrogen and oxygen atoms in total. The van der Waals surface area contributed by atoms with E-state index in [1.54, 1.807) is 11.3 Å². The molecular weight excluding hydrogens is 302 g/mol. The molecule has 0 aliphatic carbocycles. The van der Waals surface area contributed by atoms with Crippen molar-refractivity contribution >= 4 is 22.9 Å². The summed E-state index contributed by atoms with van der Waals surface area (Å²) in [4.78, 5) is 1.28. The molecule has 0 amide bonds. The van der Waals surface area contributed by atoms with Crippen molar-refractivity contribution in [3.05, 3.63) is 69.1 Å². The predicted octanol–water partition coefficient (Wildman–Crippen LogP) is 4.39. The molecule has 0 saturated heterocycles. The SMILES string of the molecule is CC(Cc1ccc(Cl)s1)c1cn(Cc2ccccc2)nn1. The van der Waals surface area contributed by atoms with Crippen LogP contribution in [0.1, 0.15) is 29.0 Å². The van der Waals surface area contributed by atoms with Crippen LogP contribution >= 0.6 is 22.9 Å². The van der Waals surface area contributed by atoms with Crippen LogP contribution in [0, 0.1) is 0 Å². The van der Waals surface area contributed by atoms with Gasteiger partial charge in [-0.15, -0.1) is 16.4 Å². The van der Waals surface area contributed by atoms with Gasteiger partial charge in [-0.1, -0.05) is 54.1 Å². The first-order valence-electron chi connectivity index (χ1n) is 6.89. The average molecular weight is 318 g/mol. The summed E-state index contributed by atoms with van der Waals surface area (Å²) in [7, 11) is 0. The molecule has 3 rings (SSSR count). The lowest BCUT2D eigenvalue weighted by molar-refractivity contribution is 0.648. The predicted molar refractivity (Wildman–Crippen MR) is 87.0 cm³/mol. The van der Waals surface area contributed by atoms with E-state index in [0.29, 0.717) is 5.92 Å². The van der Waals surface area contributed by atoms with Crippen LogP contribution in [0.3, 0.4) is 0 Å². The number of hydrogen-bond donors (Lipinski definition) is 0. The van der Waals surface area contributed by atoms with Crippen LogP contribution in [0.4, 0.5) is 0 Å². The fourth-order valence-electron chi connectivity index (χ4n) is 2.25. The molecule has 0 N–H and O–H groups in total. The van der Waals surface area contributed by atoms with E-state index in [1.165, 1.54) is 10.4 Å². The average Bonchev–Trinajstić information content (AvgIpc) is 3.09. The maximum absolute atomic E-state index is 5.97. The minimum absolute atomic E-state index is 0.337. The highest BCUT2D eigenvalue weighted by Gasteiger charge is 2.12. The van der Waals surface area contributed by atoms with Crippen molar-refractivity contribution in [2.45, 2.75) is 25.8 Å². The molecule has 5 heteroatoms. The van der Waals surface area contributed by atoms with Crippen molar-refractivity contribution in [2.75, 3.05) is 0 Å². The van der Waals surface area contributed by atoms with Crippen LogP contribution in [-0.2, 0) is 13.0 Å². The second-order valence-electron chi connectivity index (χ2n) is 5.14. The first kappa shape index (κ1) is 14.3. The van der Waals surface area contributed by atoms with Crippen LogP contribution in [0.2, 0.25) is 4.34 Å². The number of halogens is 1. The molecule has 0 radical (unpaired) electrons. The summed E-state index contributed by atoms with van der Waals surface area (Å²) in [6, 6.07) is 14.3. The summed E-state index contributed by atoms with van der Waals surface area (Å²) in [6.45, 7) is 2.93. The smallest absolute Gasteiger partial charge is 0.0931 e. The van der Waals surface area contributed by atoms with Gasteiger partial charge in [-0.05, 0) is 24.1 Å². The fourth-order valence-corrected chi connectivity index (χ4v) is 3.47. The van der Waals surface area contributed by atoms with E-state index in [1.807, 2.05) is 35.1 Å². The summed E-state index contributed by atoms with van der Waals surface area (Å²) < 4.78 is 2.73. The summed E-state index contributed by atoms with van der Waals surface area (Å²) >= 11 is 7.60. The largest absolute Gasteiger partial charge is 0.248 e. The molecule has 1 aromatic carbocycles. The second-order valence-corrected chi connectivity index (χ2v) is 6.94. The van der Waals surface area contributed by atoms with Crippen LogP contribution in [0.25, 0.3) is 0 Å². The van der Waals surface area contributed by atoms with E-state index in [-0.39, 0.29) is 0 Å². The van der Waals surface area contributed by atoms with Crippen LogP contribution in [-0.4, -0.2) is 15.0 Å². The summed E-state index contributed by atoms with van der Waals surface area (Å²) in [5.41, 5.74) is 2.25. The van der Waals surface area contributed by atoms with Crippen molar-refractivity contribution in [2.24, 2.45) is 0 Å². The van der Waals surface area contributed by atoms with Crippen molar-refractivity contribution in [3.63, 3.8) is 0 Å². The quantitative estimate of drug-likeness (QED) is 0.699. The maximum atomic E-state index is 5.97. The van der Waals surface area contributed by atoms with Gasteiger partial charge in [0.2, 0.25) is 0 Å². The zero-order valence-corrected chi connectivity index (χ0v) is 13.3. The Kier molecular flexibility index (Phi) is 4.36. The minimum atomic E-state index is 0.337. The zero-order chi connectivity index (χ0) is 14.7. The van der Waals surface area contributed by atoms with Gasteiger partial charge >= 0.3 is 0 Å². The second kappa shape index (κ2) is 6.41. The Balaban J connectivity index is 1.66. The lowest BCUT2D eigenvalue weighted by atomic mass is 10.0. The normalized spacial score (nSPS) is 12.5. The molecule has 0 fully saturated rings. The fraction of sp³-hybridized carbons (Fsp3) is 0.250. The number of rotatable bonds is 5. The summed E-state index contributed by atoms with van der Waals surface area (Å²) in [6.07, 6.45) is 2.98. The van der Waals surface area contributed by atoms with Crippen molar-refractivity contribution < 1.29 is 0 Å². The molecule has 21 heavy (non-hydrogen) atoms. The lowest BCUT2D eigenvalue weighted by Crippen LogP contribution is -2.00. The van der Waals surface area contributed by atoms with Gasteiger partial charge < -0.3 is 0 Å². The van der Waals surface area contributed by atoms with Gasteiger partial charge in [0.25, 0.3) is 0 Å². The minimum Gasteiger partial charge on any atom is -0.248 e. The molecule has 0 saturated carbocycles. The van der Waals surface area contributed by atoms with E-state index >= 15 is 0 Å². The van der Waals surface area contributed by atoms with Crippen molar-refractivity contribution in [1.82, 2.24) is 15.0 Å². The number of hydrogen-bond acceptors (Lipinski definition) is 3. The van der Waals surface area contributed by atoms with Crippen molar-refractivity contribution in [1.29, 1.82) is 0 Å². The lowest BCUT2D eigenvalue weighted by Gasteiger charge is -2.05. The molecule has 0 aliphatic heterocycles. The summed E-state index contributed by atoms with van der Waals surface area (Å²) in [5.74, 6) is 0.337. The summed E-state index contributed by atoms with van der Waals surface area (Å²) in [5, 5.41) is 8.52. The first-order valence-corrected chi connectivity index (χ1v) is 8.08. The highest BCUT2D eigenvalue weighted by Crippen LogP contribution is 2.26. The highest BCUT2D eigenvalue weighted by molar-refractivity contribution is 7.16. The molecule has 3 aromatic rings. The molecule has 0 aliphatic rings. The highest BCUT2D eigenvalue weighted by atomic mass is 35.5. The van der Waals surface area contributed by atoms with Gasteiger partial charge in [0.15, 0.2) is 0 Å². The Hall–Kier alpha value is -1.65. The third-order valence-electron chi connectivity index (χ3n) is 3.38.